The molecular weight excluding hydrogens is 608 g/mol. The summed E-state index contributed by atoms with van der Waals surface area (Å²) in [5.74, 6) is 0. The minimum absolute atomic E-state index is 0.832. The van der Waals surface area contributed by atoms with Crippen molar-refractivity contribution in [3.63, 3.8) is 0 Å². The minimum Gasteiger partial charge on any atom is -0.0622 e. The summed E-state index contributed by atoms with van der Waals surface area (Å²) in [6.45, 7) is 0. The first-order chi connectivity index (χ1) is 24.3. The lowest BCUT2D eigenvalue weighted by Crippen LogP contribution is -2.22. The predicted molar refractivity (Wildman–Crippen MR) is 214 cm³/mol. The van der Waals surface area contributed by atoms with E-state index in [1.165, 1.54) is 81.3 Å². The Bertz CT molecular complexity index is 2510. The van der Waals surface area contributed by atoms with Crippen molar-refractivity contribution in [1.29, 1.82) is 0 Å². The summed E-state index contributed by atoms with van der Waals surface area (Å²) in [7, 11) is -0.832. The van der Waals surface area contributed by atoms with Crippen LogP contribution in [-0.2, 0) is 12.8 Å². The van der Waals surface area contributed by atoms with Crippen LogP contribution in [0.15, 0.2) is 188 Å². The van der Waals surface area contributed by atoms with Crippen LogP contribution in [0.5, 0.6) is 0 Å². The summed E-state index contributed by atoms with van der Waals surface area (Å²) < 4.78 is 0. The first-order valence-corrected chi connectivity index (χ1v) is 18.5. The van der Waals surface area contributed by atoms with Crippen molar-refractivity contribution in [3.05, 3.63) is 199 Å². The zero-order valence-electron chi connectivity index (χ0n) is 27.3. The molecular formula is C48H35P. The lowest BCUT2D eigenvalue weighted by atomic mass is 9.86. The van der Waals surface area contributed by atoms with Crippen molar-refractivity contribution >= 4 is 66.9 Å². The minimum atomic E-state index is -0.832. The Balaban J connectivity index is 1.31. The van der Waals surface area contributed by atoms with Crippen LogP contribution in [0.4, 0.5) is 0 Å². The summed E-state index contributed by atoms with van der Waals surface area (Å²) in [6, 6.07) is 69.8. The molecule has 0 spiro atoms. The SMILES string of the molecule is c1ccc(P(c2ccccc2)c2ccc3ccccc3c2-c2c(CCc3c4ccccc4cc4ccccc34)ccc3ccccc23)cc1. The molecule has 0 fully saturated rings. The number of rotatable bonds is 7. The molecule has 0 bridgehead atoms. The van der Waals surface area contributed by atoms with Gasteiger partial charge in [-0.25, -0.2) is 0 Å². The molecule has 0 heterocycles. The van der Waals surface area contributed by atoms with E-state index in [9.17, 15) is 0 Å². The van der Waals surface area contributed by atoms with E-state index >= 15 is 0 Å². The topological polar surface area (TPSA) is 0 Å². The fourth-order valence-corrected chi connectivity index (χ4v) is 10.2. The van der Waals surface area contributed by atoms with Gasteiger partial charge in [0.15, 0.2) is 0 Å². The second-order valence-electron chi connectivity index (χ2n) is 12.8. The van der Waals surface area contributed by atoms with E-state index in [2.05, 4.69) is 188 Å². The van der Waals surface area contributed by atoms with E-state index in [1.54, 1.807) is 0 Å². The molecule has 0 radical (unpaired) electrons. The maximum atomic E-state index is 2.42. The second kappa shape index (κ2) is 12.8. The van der Waals surface area contributed by atoms with Gasteiger partial charge in [0.05, 0.1) is 0 Å². The zero-order valence-corrected chi connectivity index (χ0v) is 28.2. The highest BCUT2D eigenvalue weighted by molar-refractivity contribution is 7.80. The van der Waals surface area contributed by atoms with Gasteiger partial charge < -0.3 is 0 Å². The quantitative estimate of drug-likeness (QED) is 0.120. The maximum Gasteiger partial charge on any atom is -0.00127 e. The van der Waals surface area contributed by atoms with E-state index in [0.717, 1.165) is 12.8 Å². The average Bonchev–Trinajstić information content (AvgIpc) is 3.17. The first-order valence-electron chi connectivity index (χ1n) is 17.2. The van der Waals surface area contributed by atoms with E-state index < -0.39 is 7.92 Å². The third kappa shape index (κ3) is 5.40. The number of hydrogen-bond donors (Lipinski definition) is 0. The van der Waals surface area contributed by atoms with Gasteiger partial charge in [-0.3, -0.25) is 0 Å². The summed E-state index contributed by atoms with van der Waals surface area (Å²) in [4.78, 5) is 0. The van der Waals surface area contributed by atoms with Gasteiger partial charge in [-0.1, -0.05) is 182 Å². The molecule has 0 amide bonds. The highest BCUT2D eigenvalue weighted by Gasteiger charge is 2.24. The van der Waals surface area contributed by atoms with Crippen molar-refractivity contribution in [3.8, 4) is 11.1 Å². The van der Waals surface area contributed by atoms with E-state index in [1.807, 2.05) is 0 Å². The summed E-state index contributed by atoms with van der Waals surface area (Å²) >= 11 is 0. The monoisotopic (exact) mass is 642 g/mol. The highest BCUT2D eigenvalue weighted by atomic mass is 31.1. The average molecular weight is 643 g/mol. The molecule has 9 aromatic rings. The van der Waals surface area contributed by atoms with Crippen molar-refractivity contribution in [2.24, 2.45) is 0 Å². The molecule has 0 N–H and O–H groups in total. The number of hydrogen-bond acceptors (Lipinski definition) is 0. The van der Waals surface area contributed by atoms with Crippen LogP contribution < -0.4 is 15.9 Å². The molecule has 49 heavy (non-hydrogen) atoms. The Labute approximate surface area is 289 Å². The Kier molecular flexibility index (Phi) is 7.73. The summed E-state index contributed by atoms with van der Waals surface area (Å²) in [6.07, 6.45) is 1.90. The van der Waals surface area contributed by atoms with Crippen LogP contribution >= 0.6 is 7.92 Å². The van der Waals surface area contributed by atoms with Crippen molar-refractivity contribution < 1.29 is 0 Å². The Hall–Kier alpha value is -5.55. The van der Waals surface area contributed by atoms with E-state index in [4.69, 9.17) is 0 Å². The number of aryl methyl sites for hydroxylation is 2. The Morgan fingerprint density at radius 1 is 0.327 bits per heavy atom. The third-order valence-corrected chi connectivity index (χ3v) is 12.5. The Morgan fingerprint density at radius 3 is 1.35 bits per heavy atom. The van der Waals surface area contributed by atoms with E-state index in [-0.39, 0.29) is 0 Å². The summed E-state index contributed by atoms with van der Waals surface area (Å²) in [5, 5.41) is 14.6. The van der Waals surface area contributed by atoms with Crippen LogP contribution in [-0.4, -0.2) is 0 Å². The van der Waals surface area contributed by atoms with Gasteiger partial charge in [0, 0.05) is 0 Å². The molecule has 0 atom stereocenters. The molecule has 9 aromatic carbocycles. The molecule has 9 rings (SSSR count). The van der Waals surface area contributed by atoms with Crippen molar-refractivity contribution in [2.75, 3.05) is 0 Å². The molecule has 0 saturated heterocycles. The van der Waals surface area contributed by atoms with Crippen LogP contribution in [0, 0.1) is 0 Å². The highest BCUT2D eigenvalue weighted by Crippen LogP contribution is 2.44. The van der Waals surface area contributed by atoms with Crippen molar-refractivity contribution in [1.82, 2.24) is 0 Å². The summed E-state index contributed by atoms with van der Waals surface area (Å²) in [5.41, 5.74) is 5.56. The van der Waals surface area contributed by atoms with Gasteiger partial charge in [0.1, 0.15) is 0 Å². The zero-order chi connectivity index (χ0) is 32.6. The van der Waals surface area contributed by atoms with Crippen LogP contribution in [0.25, 0.3) is 54.2 Å². The third-order valence-electron chi connectivity index (χ3n) is 9.97. The largest absolute Gasteiger partial charge is 0.0622 e. The maximum absolute atomic E-state index is 2.42. The van der Waals surface area contributed by atoms with Crippen LogP contribution in [0.3, 0.4) is 0 Å². The first kappa shape index (κ1) is 29.6. The number of benzene rings is 9. The van der Waals surface area contributed by atoms with Crippen LogP contribution in [0.1, 0.15) is 11.1 Å². The fourth-order valence-electron chi connectivity index (χ4n) is 7.75. The Morgan fingerprint density at radius 2 is 0.776 bits per heavy atom. The predicted octanol–water partition coefficient (Wildman–Crippen LogP) is 11.5. The molecule has 0 aromatic heterocycles. The van der Waals surface area contributed by atoms with Gasteiger partial charge in [0.2, 0.25) is 0 Å². The van der Waals surface area contributed by atoms with Crippen LogP contribution in [0.2, 0.25) is 0 Å². The fraction of sp³-hybridized carbons (Fsp3) is 0.0417. The van der Waals surface area contributed by atoms with Gasteiger partial charge in [0.25, 0.3) is 0 Å². The molecule has 0 aliphatic rings. The smallest absolute Gasteiger partial charge is 0.00127 e. The van der Waals surface area contributed by atoms with Crippen molar-refractivity contribution in [2.45, 2.75) is 12.8 Å². The lowest BCUT2D eigenvalue weighted by molar-refractivity contribution is 0.981. The molecule has 1 heteroatoms. The lowest BCUT2D eigenvalue weighted by Gasteiger charge is -2.26. The van der Waals surface area contributed by atoms with Gasteiger partial charge >= 0.3 is 0 Å². The standard InChI is InChI=1S/C48H35P/c1-3-19-39(20-4-1)49(40-21-5-2-6-22-40)46-32-30-35-16-8-14-26-44(35)48(46)47-36(28-27-34-15-7-13-25-43(34)47)29-31-45-41-23-11-9-17-37(41)33-38-18-10-12-24-42(38)45/h1-28,30,32-33H,29,31H2. The molecule has 0 aliphatic heterocycles. The molecule has 0 nitrogen and oxygen atoms in total. The number of fused-ring (bicyclic) bond motifs is 4. The molecule has 232 valence electrons. The van der Waals surface area contributed by atoms with Gasteiger partial charge in [-0.05, 0) is 108 Å². The van der Waals surface area contributed by atoms with E-state index in [0.29, 0.717) is 0 Å². The van der Waals surface area contributed by atoms with Gasteiger partial charge in [-0.15, -0.1) is 0 Å². The molecule has 0 unspecified atom stereocenters. The molecule has 0 saturated carbocycles. The normalized spacial score (nSPS) is 11.6. The van der Waals surface area contributed by atoms with Gasteiger partial charge in [-0.2, -0.15) is 0 Å². The molecule has 0 aliphatic carbocycles. The second-order valence-corrected chi connectivity index (χ2v) is 15.0.